The first-order valence-electron chi connectivity index (χ1n) is 7.55. The fourth-order valence-corrected chi connectivity index (χ4v) is 2.40. The van der Waals surface area contributed by atoms with Crippen LogP contribution in [0.4, 0.5) is 0 Å². The minimum absolute atomic E-state index is 0.359. The molecule has 0 saturated carbocycles. The van der Waals surface area contributed by atoms with E-state index in [1.807, 2.05) is 33.9 Å². The third-order valence-electron chi connectivity index (χ3n) is 3.55. The number of hydrogen-bond donors (Lipinski definition) is 1. The van der Waals surface area contributed by atoms with Gasteiger partial charge in [-0.1, -0.05) is 30.3 Å². The maximum atomic E-state index is 4.42. The van der Waals surface area contributed by atoms with Crippen LogP contribution in [0.1, 0.15) is 18.1 Å². The molecule has 1 aromatic carbocycles. The first-order valence-corrected chi connectivity index (χ1v) is 7.55. The van der Waals surface area contributed by atoms with Crippen molar-refractivity contribution >= 4 is 0 Å². The van der Waals surface area contributed by atoms with E-state index in [0.717, 1.165) is 19.6 Å². The monoisotopic (exact) mass is 295 g/mol. The van der Waals surface area contributed by atoms with Crippen molar-refractivity contribution < 1.29 is 0 Å². The van der Waals surface area contributed by atoms with Crippen LogP contribution in [0.2, 0.25) is 0 Å². The molecule has 5 nitrogen and oxygen atoms in total. The molecule has 0 aliphatic rings. The van der Waals surface area contributed by atoms with E-state index in [4.69, 9.17) is 0 Å². The fourth-order valence-electron chi connectivity index (χ4n) is 2.40. The number of nitrogens with zero attached hydrogens (tertiary/aromatic N) is 4. The molecular weight excluding hydrogens is 274 g/mol. The molecule has 22 heavy (non-hydrogen) atoms. The summed E-state index contributed by atoms with van der Waals surface area (Å²) < 4.78 is 3.92. The summed E-state index contributed by atoms with van der Waals surface area (Å²) in [4.78, 5) is 0. The Morgan fingerprint density at radius 2 is 1.91 bits per heavy atom. The van der Waals surface area contributed by atoms with E-state index in [2.05, 4.69) is 52.9 Å². The largest absolute Gasteiger partial charge is 0.308 e. The topological polar surface area (TPSA) is 47.7 Å². The van der Waals surface area contributed by atoms with E-state index in [0.29, 0.717) is 6.04 Å². The minimum atomic E-state index is 0.359. The molecule has 114 valence electrons. The van der Waals surface area contributed by atoms with Crippen LogP contribution in [0, 0.1) is 0 Å². The van der Waals surface area contributed by atoms with Crippen molar-refractivity contribution in [3.05, 3.63) is 72.3 Å². The van der Waals surface area contributed by atoms with Gasteiger partial charge in [-0.2, -0.15) is 10.2 Å². The molecule has 0 saturated heterocycles. The van der Waals surface area contributed by atoms with Crippen LogP contribution in [0.15, 0.2) is 61.2 Å². The average Bonchev–Trinajstić information content (AvgIpc) is 3.18. The predicted molar refractivity (Wildman–Crippen MR) is 86.3 cm³/mol. The average molecular weight is 295 g/mol. The highest BCUT2D eigenvalue weighted by atomic mass is 15.3. The van der Waals surface area contributed by atoms with Gasteiger partial charge in [0.1, 0.15) is 0 Å². The second-order valence-electron chi connectivity index (χ2n) is 5.54. The van der Waals surface area contributed by atoms with E-state index in [9.17, 15) is 0 Å². The summed E-state index contributed by atoms with van der Waals surface area (Å²) in [6.45, 7) is 4.65. The third-order valence-corrected chi connectivity index (χ3v) is 3.55. The lowest BCUT2D eigenvalue weighted by molar-refractivity contribution is 0.450. The summed E-state index contributed by atoms with van der Waals surface area (Å²) in [7, 11) is 0. The maximum Gasteiger partial charge on any atom is 0.0659 e. The van der Waals surface area contributed by atoms with Crippen molar-refractivity contribution in [2.75, 3.05) is 0 Å². The van der Waals surface area contributed by atoms with Gasteiger partial charge in [-0.25, -0.2) is 0 Å². The second kappa shape index (κ2) is 7.04. The van der Waals surface area contributed by atoms with Crippen molar-refractivity contribution in [2.24, 2.45) is 0 Å². The predicted octanol–water partition coefficient (Wildman–Crippen LogP) is 2.31. The van der Waals surface area contributed by atoms with Crippen molar-refractivity contribution in [3.8, 4) is 0 Å². The van der Waals surface area contributed by atoms with Gasteiger partial charge in [0.25, 0.3) is 0 Å². The molecule has 2 aromatic heterocycles. The Balaban J connectivity index is 1.49. The summed E-state index contributed by atoms with van der Waals surface area (Å²) >= 11 is 0. The molecule has 0 bridgehead atoms. The Hall–Kier alpha value is -2.40. The summed E-state index contributed by atoms with van der Waals surface area (Å²) in [6.07, 6.45) is 7.81. The molecule has 0 fully saturated rings. The highest BCUT2D eigenvalue weighted by molar-refractivity contribution is 5.15. The summed E-state index contributed by atoms with van der Waals surface area (Å²) in [5, 5.41) is 12.1. The van der Waals surface area contributed by atoms with Crippen molar-refractivity contribution in [1.29, 1.82) is 0 Å². The van der Waals surface area contributed by atoms with Crippen LogP contribution in [-0.2, 0) is 19.6 Å². The minimum Gasteiger partial charge on any atom is -0.308 e. The zero-order valence-corrected chi connectivity index (χ0v) is 12.8. The molecule has 0 spiro atoms. The first-order chi connectivity index (χ1) is 10.8. The highest BCUT2D eigenvalue weighted by Gasteiger charge is 2.04. The smallest absolute Gasteiger partial charge is 0.0659 e. The zero-order valence-electron chi connectivity index (χ0n) is 12.8. The van der Waals surface area contributed by atoms with E-state index in [1.165, 1.54) is 11.1 Å². The molecule has 0 aliphatic heterocycles. The zero-order chi connectivity index (χ0) is 15.2. The summed E-state index contributed by atoms with van der Waals surface area (Å²) in [5.41, 5.74) is 2.46. The SMILES string of the molecule is CC(Cn1cccn1)NCc1cnn(Cc2ccccc2)c1. The molecule has 1 unspecified atom stereocenters. The van der Waals surface area contributed by atoms with Crippen molar-refractivity contribution in [1.82, 2.24) is 24.9 Å². The molecule has 5 heteroatoms. The lowest BCUT2D eigenvalue weighted by Crippen LogP contribution is -2.30. The van der Waals surface area contributed by atoms with Crippen LogP contribution in [-0.4, -0.2) is 25.6 Å². The van der Waals surface area contributed by atoms with Crippen LogP contribution < -0.4 is 5.32 Å². The second-order valence-corrected chi connectivity index (χ2v) is 5.54. The highest BCUT2D eigenvalue weighted by Crippen LogP contribution is 2.04. The third kappa shape index (κ3) is 4.05. The Bertz CT molecular complexity index is 672. The summed E-state index contributed by atoms with van der Waals surface area (Å²) in [5.74, 6) is 0. The van der Waals surface area contributed by atoms with Crippen LogP contribution in [0.5, 0.6) is 0 Å². The van der Waals surface area contributed by atoms with Crippen LogP contribution in [0.25, 0.3) is 0 Å². The standard InChI is InChI=1S/C17H21N5/c1-15(12-21-9-5-8-19-21)18-10-17-11-20-22(14-17)13-16-6-3-2-4-7-16/h2-9,11,14-15,18H,10,12-13H2,1H3. The van der Waals surface area contributed by atoms with Gasteiger partial charge in [-0.3, -0.25) is 9.36 Å². The van der Waals surface area contributed by atoms with E-state index >= 15 is 0 Å². The van der Waals surface area contributed by atoms with Crippen molar-refractivity contribution in [2.45, 2.75) is 32.6 Å². The van der Waals surface area contributed by atoms with Gasteiger partial charge in [0.15, 0.2) is 0 Å². The molecule has 2 heterocycles. The first kappa shape index (κ1) is 14.5. The molecule has 1 atom stereocenters. The Kier molecular flexibility index (Phi) is 4.65. The molecular formula is C17H21N5. The Morgan fingerprint density at radius 1 is 1.05 bits per heavy atom. The van der Waals surface area contributed by atoms with E-state index in [1.54, 1.807) is 6.20 Å². The number of aromatic nitrogens is 4. The quantitative estimate of drug-likeness (QED) is 0.727. The van der Waals surface area contributed by atoms with Gasteiger partial charge in [-0.15, -0.1) is 0 Å². The molecule has 3 rings (SSSR count). The van der Waals surface area contributed by atoms with Crippen LogP contribution in [0.3, 0.4) is 0 Å². The molecule has 1 N–H and O–H groups in total. The van der Waals surface area contributed by atoms with Gasteiger partial charge in [0.2, 0.25) is 0 Å². The number of benzene rings is 1. The fraction of sp³-hybridized carbons (Fsp3) is 0.294. The van der Waals surface area contributed by atoms with Gasteiger partial charge >= 0.3 is 0 Å². The van der Waals surface area contributed by atoms with Crippen LogP contribution >= 0.6 is 0 Å². The van der Waals surface area contributed by atoms with Crippen molar-refractivity contribution in [3.63, 3.8) is 0 Å². The molecule has 3 aromatic rings. The van der Waals surface area contributed by atoms with Gasteiger partial charge in [-0.05, 0) is 18.6 Å². The lowest BCUT2D eigenvalue weighted by atomic mass is 10.2. The normalized spacial score (nSPS) is 12.4. The van der Waals surface area contributed by atoms with E-state index in [-0.39, 0.29) is 0 Å². The Morgan fingerprint density at radius 3 is 2.68 bits per heavy atom. The number of rotatable bonds is 7. The summed E-state index contributed by atoms with van der Waals surface area (Å²) in [6, 6.07) is 12.7. The van der Waals surface area contributed by atoms with Gasteiger partial charge < -0.3 is 5.32 Å². The van der Waals surface area contributed by atoms with Gasteiger partial charge in [0, 0.05) is 36.7 Å². The van der Waals surface area contributed by atoms with E-state index < -0.39 is 0 Å². The molecule has 0 amide bonds. The number of hydrogen-bond acceptors (Lipinski definition) is 3. The Labute approximate surface area is 130 Å². The molecule has 0 aliphatic carbocycles. The maximum absolute atomic E-state index is 4.42. The lowest BCUT2D eigenvalue weighted by Gasteiger charge is -2.12. The number of nitrogens with one attached hydrogen (secondary N) is 1. The molecule has 0 radical (unpaired) electrons. The van der Waals surface area contributed by atoms with Gasteiger partial charge in [0.05, 0.1) is 19.3 Å².